The Hall–Kier alpha value is -3.42. The van der Waals surface area contributed by atoms with E-state index in [-0.39, 0.29) is 17.2 Å². The predicted octanol–water partition coefficient (Wildman–Crippen LogP) is 4.38. The number of nitro groups is 1. The monoisotopic (exact) mass is 416 g/mol. The fourth-order valence-corrected chi connectivity index (χ4v) is 4.08. The normalized spacial score (nSPS) is 14.0. The van der Waals surface area contributed by atoms with Crippen LogP contribution < -0.4 is 14.1 Å². The van der Waals surface area contributed by atoms with Gasteiger partial charge in [0.25, 0.3) is 5.69 Å². The first kappa shape index (κ1) is 20.3. The molecule has 10 heteroatoms. The Morgan fingerprint density at radius 2 is 1.72 bits per heavy atom. The van der Waals surface area contributed by atoms with Crippen LogP contribution in [0.3, 0.4) is 0 Å². The first-order chi connectivity index (χ1) is 13.8. The predicted molar refractivity (Wildman–Crippen MR) is 106 cm³/mol. The summed E-state index contributed by atoms with van der Waals surface area (Å²) < 4.78 is 24.5. The Bertz CT molecular complexity index is 1100. The van der Waals surface area contributed by atoms with E-state index in [2.05, 4.69) is 5.09 Å². The van der Waals surface area contributed by atoms with Crippen molar-refractivity contribution in [3.63, 3.8) is 0 Å². The standard InChI is InChI=1S/C19H17N2O7P/c1-13(19(22)23)20-29(26,27-16-11-9-15(10-12-16)21(24)25)28-18-8-4-6-14-5-2-3-7-17(14)18/h2-13H,1H3,(H,20,26)(H,22,23)/t13-,29-/m1/s1. The van der Waals surface area contributed by atoms with E-state index in [0.717, 1.165) is 5.39 Å². The third-order valence-electron chi connectivity index (χ3n) is 3.96. The highest BCUT2D eigenvalue weighted by Gasteiger charge is 2.33. The summed E-state index contributed by atoms with van der Waals surface area (Å²) in [7, 11) is -4.22. The fraction of sp³-hybridized carbons (Fsp3) is 0.105. The first-order valence-corrected chi connectivity index (χ1v) is 10.0. The quantitative estimate of drug-likeness (QED) is 0.315. The lowest BCUT2D eigenvalue weighted by molar-refractivity contribution is -0.384. The smallest absolute Gasteiger partial charge is 0.480 e. The van der Waals surface area contributed by atoms with Crippen LogP contribution in [-0.4, -0.2) is 22.0 Å². The molecule has 29 heavy (non-hydrogen) atoms. The van der Waals surface area contributed by atoms with E-state index >= 15 is 0 Å². The van der Waals surface area contributed by atoms with Gasteiger partial charge >= 0.3 is 13.7 Å². The fourth-order valence-electron chi connectivity index (χ4n) is 2.54. The highest BCUT2D eigenvalue weighted by atomic mass is 31.2. The number of nitrogens with zero attached hydrogens (tertiary/aromatic N) is 1. The van der Waals surface area contributed by atoms with Crippen molar-refractivity contribution < 1.29 is 28.4 Å². The van der Waals surface area contributed by atoms with Crippen LogP contribution in [0.5, 0.6) is 11.5 Å². The van der Waals surface area contributed by atoms with Gasteiger partial charge in [-0.05, 0) is 30.5 Å². The molecule has 0 amide bonds. The minimum absolute atomic E-state index is 0.0178. The molecule has 3 aromatic rings. The van der Waals surface area contributed by atoms with E-state index < -0.39 is 24.7 Å². The third kappa shape index (κ3) is 4.90. The highest BCUT2D eigenvalue weighted by Crippen LogP contribution is 2.47. The minimum atomic E-state index is -4.22. The first-order valence-electron chi connectivity index (χ1n) is 8.49. The van der Waals surface area contributed by atoms with Gasteiger partial charge in [0.2, 0.25) is 0 Å². The van der Waals surface area contributed by atoms with Crippen LogP contribution in [0.4, 0.5) is 5.69 Å². The molecular formula is C19H17N2O7P. The Balaban J connectivity index is 1.95. The Labute approximate surface area is 165 Å². The van der Waals surface area contributed by atoms with Gasteiger partial charge in [-0.25, -0.2) is 4.57 Å². The van der Waals surface area contributed by atoms with Gasteiger partial charge in [0.05, 0.1) is 4.92 Å². The molecule has 2 N–H and O–H groups in total. The number of carboxylic acid groups (broad SMARTS) is 1. The molecular weight excluding hydrogens is 399 g/mol. The zero-order valence-electron chi connectivity index (χ0n) is 15.2. The van der Waals surface area contributed by atoms with Crippen LogP contribution in [-0.2, 0) is 9.36 Å². The number of non-ortho nitro benzene ring substituents is 1. The van der Waals surface area contributed by atoms with E-state index in [1.54, 1.807) is 24.3 Å². The summed E-state index contributed by atoms with van der Waals surface area (Å²) in [5.41, 5.74) is -0.172. The number of hydrogen-bond acceptors (Lipinski definition) is 6. The van der Waals surface area contributed by atoms with Crippen LogP contribution >= 0.6 is 7.75 Å². The van der Waals surface area contributed by atoms with Crippen molar-refractivity contribution in [1.82, 2.24) is 5.09 Å². The molecule has 0 spiro atoms. The maximum Gasteiger partial charge on any atom is 0.513 e. The third-order valence-corrected chi connectivity index (χ3v) is 5.56. The highest BCUT2D eigenvalue weighted by molar-refractivity contribution is 7.52. The summed E-state index contributed by atoms with van der Waals surface area (Å²) in [5.74, 6) is -0.998. The second-order valence-corrected chi connectivity index (χ2v) is 7.72. The maximum atomic E-state index is 13.4. The zero-order valence-corrected chi connectivity index (χ0v) is 16.1. The van der Waals surface area contributed by atoms with Gasteiger partial charge in [-0.2, -0.15) is 5.09 Å². The number of nitro benzene ring substituents is 1. The summed E-state index contributed by atoms with van der Waals surface area (Å²) in [6.07, 6.45) is 0. The van der Waals surface area contributed by atoms with Crippen LogP contribution in [0.2, 0.25) is 0 Å². The topological polar surface area (TPSA) is 128 Å². The lowest BCUT2D eigenvalue weighted by atomic mass is 10.1. The lowest BCUT2D eigenvalue weighted by Gasteiger charge is -2.22. The van der Waals surface area contributed by atoms with E-state index in [0.29, 0.717) is 5.39 Å². The molecule has 3 rings (SSSR count). The van der Waals surface area contributed by atoms with E-state index in [1.165, 1.54) is 31.2 Å². The van der Waals surface area contributed by atoms with E-state index in [9.17, 15) is 24.6 Å². The average molecular weight is 416 g/mol. The number of hydrogen-bond donors (Lipinski definition) is 2. The molecule has 0 aliphatic rings. The van der Waals surface area contributed by atoms with Crippen molar-refractivity contribution in [2.75, 3.05) is 0 Å². The second kappa shape index (κ2) is 8.30. The number of fused-ring (bicyclic) bond motifs is 1. The molecule has 150 valence electrons. The van der Waals surface area contributed by atoms with Crippen molar-refractivity contribution in [3.05, 3.63) is 76.8 Å². The number of benzene rings is 3. The average Bonchev–Trinajstić information content (AvgIpc) is 2.68. The molecule has 0 aliphatic heterocycles. The summed E-state index contributed by atoms with van der Waals surface area (Å²) >= 11 is 0. The van der Waals surface area contributed by atoms with Crippen LogP contribution in [0, 0.1) is 10.1 Å². The minimum Gasteiger partial charge on any atom is -0.480 e. The largest absolute Gasteiger partial charge is 0.513 e. The molecule has 0 fully saturated rings. The lowest BCUT2D eigenvalue weighted by Crippen LogP contribution is -2.34. The number of aliphatic carboxylic acids is 1. The SMILES string of the molecule is C[C@@H](N[P@@](=O)(Oc1ccc([N+](=O)[O-])cc1)Oc1cccc2ccccc12)C(=O)O. The van der Waals surface area contributed by atoms with Gasteiger partial charge in [-0.15, -0.1) is 0 Å². The van der Waals surface area contributed by atoms with E-state index in [1.807, 2.05) is 18.2 Å². The number of carboxylic acids is 1. The molecule has 3 aromatic carbocycles. The van der Waals surface area contributed by atoms with Crippen molar-refractivity contribution >= 4 is 30.2 Å². The number of nitrogens with one attached hydrogen (secondary N) is 1. The van der Waals surface area contributed by atoms with Crippen LogP contribution in [0.1, 0.15) is 6.92 Å². The molecule has 9 nitrogen and oxygen atoms in total. The second-order valence-electron chi connectivity index (χ2n) is 6.10. The molecule has 0 aromatic heterocycles. The summed E-state index contributed by atoms with van der Waals surface area (Å²) in [6.45, 7) is 1.29. The maximum absolute atomic E-state index is 13.4. The van der Waals surface area contributed by atoms with Gasteiger partial charge in [0.15, 0.2) is 0 Å². The van der Waals surface area contributed by atoms with Crippen molar-refractivity contribution in [2.45, 2.75) is 13.0 Å². The van der Waals surface area contributed by atoms with Gasteiger partial charge in [-0.1, -0.05) is 36.4 Å². The van der Waals surface area contributed by atoms with Crippen molar-refractivity contribution in [1.29, 1.82) is 0 Å². The Morgan fingerprint density at radius 1 is 1.07 bits per heavy atom. The summed E-state index contributed by atoms with van der Waals surface area (Å²) in [4.78, 5) is 21.5. The van der Waals surface area contributed by atoms with Gasteiger partial charge in [0.1, 0.15) is 17.5 Å². The number of carbonyl (C=O) groups is 1. The zero-order chi connectivity index (χ0) is 21.0. The molecule has 0 aliphatic carbocycles. The molecule has 0 saturated heterocycles. The van der Waals surface area contributed by atoms with Gasteiger partial charge in [0, 0.05) is 17.5 Å². The van der Waals surface area contributed by atoms with Crippen LogP contribution in [0.15, 0.2) is 66.7 Å². The molecule has 0 saturated carbocycles. The van der Waals surface area contributed by atoms with Crippen molar-refractivity contribution in [3.8, 4) is 11.5 Å². The Morgan fingerprint density at radius 3 is 2.38 bits per heavy atom. The molecule has 2 atom stereocenters. The molecule has 0 bridgehead atoms. The van der Waals surface area contributed by atoms with E-state index in [4.69, 9.17) is 9.05 Å². The molecule has 0 radical (unpaired) electrons. The van der Waals surface area contributed by atoms with Gasteiger partial charge < -0.3 is 14.2 Å². The summed E-state index contributed by atoms with van der Waals surface area (Å²) in [6, 6.07) is 16.0. The summed E-state index contributed by atoms with van der Waals surface area (Å²) in [5, 5.41) is 23.8. The van der Waals surface area contributed by atoms with Gasteiger partial charge in [-0.3, -0.25) is 14.9 Å². The molecule has 0 heterocycles. The van der Waals surface area contributed by atoms with Crippen LogP contribution in [0.25, 0.3) is 10.8 Å². The number of rotatable bonds is 8. The Kier molecular flexibility index (Phi) is 5.81. The molecule has 0 unspecified atom stereocenters. The van der Waals surface area contributed by atoms with Crippen molar-refractivity contribution in [2.24, 2.45) is 0 Å².